The number of piperazine rings is 1. The molecule has 2 saturated heterocycles. The van der Waals surface area contributed by atoms with Crippen LogP contribution in [0, 0.1) is 0 Å². The molecular formula is C17H28N6O2. The highest BCUT2D eigenvalue weighted by molar-refractivity contribution is 5.79. The summed E-state index contributed by atoms with van der Waals surface area (Å²) in [5, 5.41) is 4.01. The normalized spacial score (nSPS) is 22.2. The van der Waals surface area contributed by atoms with E-state index < -0.39 is 0 Å². The minimum absolute atomic E-state index is 0.145. The largest absolute Gasteiger partial charge is 0.340 e. The van der Waals surface area contributed by atoms with Gasteiger partial charge >= 0.3 is 0 Å². The Morgan fingerprint density at radius 2 is 1.88 bits per heavy atom. The molecular weight excluding hydrogens is 320 g/mol. The van der Waals surface area contributed by atoms with E-state index in [1.165, 1.54) is 12.7 Å². The van der Waals surface area contributed by atoms with Crippen LogP contribution in [-0.2, 0) is 16.1 Å². The van der Waals surface area contributed by atoms with E-state index in [0.29, 0.717) is 38.6 Å². The van der Waals surface area contributed by atoms with Crippen LogP contribution in [-0.4, -0.2) is 86.6 Å². The summed E-state index contributed by atoms with van der Waals surface area (Å²) in [4.78, 5) is 34.8. The first-order valence-electron chi connectivity index (χ1n) is 9.25. The fraction of sp³-hybridized carbons (Fsp3) is 0.765. The van der Waals surface area contributed by atoms with Crippen LogP contribution in [0.1, 0.15) is 32.6 Å². The zero-order valence-electron chi connectivity index (χ0n) is 15.0. The van der Waals surface area contributed by atoms with Crippen molar-refractivity contribution < 1.29 is 9.59 Å². The Bertz CT molecular complexity index is 568. The van der Waals surface area contributed by atoms with Crippen molar-refractivity contribution in [2.75, 3.05) is 39.3 Å². The van der Waals surface area contributed by atoms with E-state index in [2.05, 4.69) is 21.9 Å². The molecule has 1 unspecified atom stereocenters. The first-order valence-corrected chi connectivity index (χ1v) is 9.25. The van der Waals surface area contributed by atoms with Gasteiger partial charge in [-0.15, -0.1) is 0 Å². The molecule has 0 radical (unpaired) electrons. The number of carbonyl (C=O) groups excluding carboxylic acids is 2. The lowest BCUT2D eigenvalue weighted by molar-refractivity contribution is -0.137. The Kier molecular flexibility index (Phi) is 6.01. The maximum atomic E-state index is 12.5. The number of aromatic nitrogens is 3. The average Bonchev–Trinajstić information content (AvgIpc) is 3.14. The topological polar surface area (TPSA) is 74.6 Å². The summed E-state index contributed by atoms with van der Waals surface area (Å²) in [6, 6.07) is 0.362. The molecule has 0 bridgehead atoms. The van der Waals surface area contributed by atoms with Crippen LogP contribution in [0.5, 0.6) is 0 Å². The monoisotopic (exact) mass is 348 g/mol. The zero-order valence-corrected chi connectivity index (χ0v) is 15.0. The summed E-state index contributed by atoms with van der Waals surface area (Å²) < 4.78 is 1.67. The SMILES string of the molecule is CC1CCCCN1C(=O)CN1CCN(C(=O)CCn2cncn2)CC1. The Morgan fingerprint density at radius 3 is 2.56 bits per heavy atom. The van der Waals surface area contributed by atoms with Crippen LogP contribution in [0.4, 0.5) is 0 Å². The standard InChI is InChI=1S/C17H28N6O2/c1-15-4-2-3-6-23(15)17(25)12-20-8-10-21(11-9-20)16(24)5-7-22-14-18-13-19-22/h13-15H,2-12H2,1H3. The zero-order chi connectivity index (χ0) is 17.6. The number of carbonyl (C=O) groups is 2. The Balaban J connectivity index is 1.39. The second-order valence-corrected chi connectivity index (χ2v) is 7.00. The van der Waals surface area contributed by atoms with E-state index >= 15 is 0 Å². The molecule has 1 aromatic heterocycles. The van der Waals surface area contributed by atoms with Gasteiger partial charge in [-0.2, -0.15) is 5.10 Å². The molecule has 25 heavy (non-hydrogen) atoms. The van der Waals surface area contributed by atoms with Gasteiger partial charge in [0, 0.05) is 45.2 Å². The van der Waals surface area contributed by atoms with Gasteiger partial charge in [-0.25, -0.2) is 4.98 Å². The molecule has 1 atom stereocenters. The maximum absolute atomic E-state index is 12.5. The lowest BCUT2D eigenvalue weighted by atomic mass is 10.0. The van der Waals surface area contributed by atoms with Crippen molar-refractivity contribution in [3.05, 3.63) is 12.7 Å². The number of nitrogens with zero attached hydrogens (tertiary/aromatic N) is 6. The number of aryl methyl sites for hydroxylation is 1. The fourth-order valence-electron chi connectivity index (χ4n) is 3.62. The lowest BCUT2D eigenvalue weighted by Gasteiger charge is -2.38. The van der Waals surface area contributed by atoms with Crippen molar-refractivity contribution >= 4 is 11.8 Å². The van der Waals surface area contributed by atoms with Gasteiger partial charge in [0.15, 0.2) is 0 Å². The number of likely N-dealkylation sites (tertiary alicyclic amines) is 1. The highest BCUT2D eigenvalue weighted by Crippen LogP contribution is 2.17. The molecule has 0 aliphatic carbocycles. The van der Waals surface area contributed by atoms with Gasteiger partial charge < -0.3 is 9.80 Å². The van der Waals surface area contributed by atoms with Gasteiger partial charge in [0.25, 0.3) is 0 Å². The highest BCUT2D eigenvalue weighted by atomic mass is 16.2. The lowest BCUT2D eigenvalue weighted by Crippen LogP contribution is -2.53. The van der Waals surface area contributed by atoms with Crippen molar-refractivity contribution in [2.45, 2.75) is 45.2 Å². The van der Waals surface area contributed by atoms with E-state index in [1.807, 2.05) is 9.80 Å². The number of amides is 2. The molecule has 0 N–H and O–H groups in total. The number of hydrogen-bond acceptors (Lipinski definition) is 5. The minimum atomic E-state index is 0.145. The van der Waals surface area contributed by atoms with Crippen molar-refractivity contribution in [3.63, 3.8) is 0 Å². The Morgan fingerprint density at radius 1 is 1.08 bits per heavy atom. The average molecular weight is 348 g/mol. The molecule has 0 aromatic carbocycles. The molecule has 3 rings (SSSR count). The van der Waals surface area contributed by atoms with Crippen molar-refractivity contribution in [2.24, 2.45) is 0 Å². The minimum Gasteiger partial charge on any atom is -0.340 e. The van der Waals surface area contributed by atoms with E-state index in [1.54, 1.807) is 11.0 Å². The van der Waals surface area contributed by atoms with E-state index in [-0.39, 0.29) is 11.8 Å². The summed E-state index contributed by atoms with van der Waals surface area (Å²) in [5.41, 5.74) is 0. The molecule has 8 heteroatoms. The number of hydrogen-bond donors (Lipinski definition) is 0. The third-order valence-corrected chi connectivity index (χ3v) is 5.23. The third kappa shape index (κ3) is 4.78. The fourth-order valence-corrected chi connectivity index (χ4v) is 3.62. The number of piperidine rings is 1. The second-order valence-electron chi connectivity index (χ2n) is 7.00. The molecule has 8 nitrogen and oxygen atoms in total. The molecule has 2 aliphatic heterocycles. The van der Waals surface area contributed by atoms with Crippen LogP contribution in [0.15, 0.2) is 12.7 Å². The van der Waals surface area contributed by atoms with E-state index in [0.717, 1.165) is 32.5 Å². The summed E-state index contributed by atoms with van der Waals surface area (Å²) in [7, 11) is 0. The quantitative estimate of drug-likeness (QED) is 0.761. The molecule has 2 fully saturated rings. The summed E-state index contributed by atoms with van der Waals surface area (Å²) in [6.45, 7) is 6.99. The van der Waals surface area contributed by atoms with Crippen LogP contribution < -0.4 is 0 Å². The van der Waals surface area contributed by atoms with Crippen LogP contribution in [0.3, 0.4) is 0 Å². The molecule has 3 heterocycles. The van der Waals surface area contributed by atoms with Crippen molar-refractivity contribution in [1.29, 1.82) is 0 Å². The van der Waals surface area contributed by atoms with Gasteiger partial charge in [-0.05, 0) is 26.2 Å². The predicted molar refractivity (Wildman–Crippen MR) is 92.7 cm³/mol. The van der Waals surface area contributed by atoms with Crippen LogP contribution >= 0.6 is 0 Å². The van der Waals surface area contributed by atoms with Crippen molar-refractivity contribution in [3.8, 4) is 0 Å². The van der Waals surface area contributed by atoms with Gasteiger partial charge in [-0.1, -0.05) is 0 Å². The van der Waals surface area contributed by atoms with Gasteiger partial charge in [0.1, 0.15) is 12.7 Å². The Hall–Kier alpha value is -1.96. The van der Waals surface area contributed by atoms with Gasteiger partial charge in [0.05, 0.1) is 13.1 Å². The molecule has 0 spiro atoms. The summed E-state index contributed by atoms with van der Waals surface area (Å²) >= 11 is 0. The van der Waals surface area contributed by atoms with Gasteiger partial charge in [0.2, 0.25) is 11.8 Å². The first kappa shape index (κ1) is 17.8. The molecule has 2 aliphatic rings. The van der Waals surface area contributed by atoms with Crippen molar-refractivity contribution in [1.82, 2.24) is 29.5 Å². The van der Waals surface area contributed by atoms with Crippen LogP contribution in [0.2, 0.25) is 0 Å². The van der Waals surface area contributed by atoms with Crippen LogP contribution in [0.25, 0.3) is 0 Å². The highest BCUT2D eigenvalue weighted by Gasteiger charge is 2.27. The first-order chi connectivity index (χ1) is 12.1. The molecule has 0 saturated carbocycles. The molecule has 1 aromatic rings. The summed E-state index contributed by atoms with van der Waals surface area (Å²) in [5.74, 6) is 0.379. The Labute approximate surface area is 148 Å². The number of rotatable bonds is 5. The predicted octanol–water partition coefficient (Wildman–Crippen LogP) is 0.213. The second kappa shape index (κ2) is 8.42. The van der Waals surface area contributed by atoms with E-state index in [4.69, 9.17) is 0 Å². The molecule has 2 amide bonds. The van der Waals surface area contributed by atoms with E-state index in [9.17, 15) is 9.59 Å². The smallest absolute Gasteiger partial charge is 0.236 e. The molecule has 138 valence electrons. The maximum Gasteiger partial charge on any atom is 0.236 e. The summed E-state index contributed by atoms with van der Waals surface area (Å²) in [6.07, 6.45) is 6.99. The van der Waals surface area contributed by atoms with Gasteiger partial charge in [-0.3, -0.25) is 19.2 Å². The third-order valence-electron chi connectivity index (χ3n) is 5.23.